The Morgan fingerprint density at radius 2 is 1.50 bits per heavy atom. The number of halogens is 2. The Labute approximate surface area is 234 Å². The lowest BCUT2D eigenvalue weighted by atomic mass is 10.1. The molecule has 0 radical (unpaired) electrons. The highest BCUT2D eigenvalue weighted by molar-refractivity contribution is 7.92. The molecule has 3 rings (SSSR count). The predicted molar refractivity (Wildman–Crippen MR) is 152 cm³/mol. The summed E-state index contributed by atoms with van der Waals surface area (Å²) in [6, 6.07) is 20.6. The van der Waals surface area contributed by atoms with Gasteiger partial charge in [0.15, 0.2) is 0 Å². The van der Waals surface area contributed by atoms with Crippen LogP contribution in [0.25, 0.3) is 0 Å². The fourth-order valence-electron chi connectivity index (χ4n) is 3.75. The topological polar surface area (TPSA) is 86.8 Å². The molecule has 10 heteroatoms. The van der Waals surface area contributed by atoms with Crippen molar-refractivity contribution in [2.24, 2.45) is 0 Å². The van der Waals surface area contributed by atoms with E-state index in [0.29, 0.717) is 0 Å². The second kappa shape index (κ2) is 13.1. The number of nitrogens with one attached hydrogen (secondary N) is 1. The van der Waals surface area contributed by atoms with Crippen LogP contribution < -0.4 is 9.62 Å². The van der Waals surface area contributed by atoms with Crippen molar-refractivity contribution in [2.45, 2.75) is 50.7 Å². The summed E-state index contributed by atoms with van der Waals surface area (Å²) in [6.07, 6.45) is 0.724. The van der Waals surface area contributed by atoms with Crippen LogP contribution in [-0.2, 0) is 26.2 Å². The van der Waals surface area contributed by atoms with Gasteiger partial charge >= 0.3 is 0 Å². The van der Waals surface area contributed by atoms with Crippen molar-refractivity contribution in [3.05, 3.63) is 94.5 Å². The third-order valence-electron chi connectivity index (χ3n) is 6.17. The summed E-state index contributed by atoms with van der Waals surface area (Å²) in [6.45, 7) is 4.97. The number of amides is 2. The molecule has 2 atom stereocenters. The average molecular weight is 577 g/mol. The van der Waals surface area contributed by atoms with Crippen molar-refractivity contribution in [1.29, 1.82) is 0 Å². The molecule has 0 saturated heterocycles. The number of nitrogens with zero attached hydrogens (tertiary/aromatic N) is 2. The molecule has 3 aromatic carbocycles. The van der Waals surface area contributed by atoms with Crippen LogP contribution in [0.4, 0.5) is 5.69 Å². The first-order valence-electron chi connectivity index (χ1n) is 12.2. The molecule has 2 amide bonds. The second-order valence-electron chi connectivity index (χ2n) is 8.90. The minimum Gasteiger partial charge on any atom is -0.352 e. The maximum Gasteiger partial charge on any atom is 0.264 e. The van der Waals surface area contributed by atoms with Gasteiger partial charge in [0.1, 0.15) is 12.6 Å². The summed E-state index contributed by atoms with van der Waals surface area (Å²) in [5.74, 6) is -0.905. The van der Waals surface area contributed by atoms with Crippen molar-refractivity contribution in [3.8, 4) is 0 Å². The van der Waals surface area contributed by atoms with Crippen LogP contribution in [0.5, 0.6) is 0 Å². The van der Waals surface area contributed by atoms with Gasteiger partial charge in [-0.1, -0.05) is 84.7 Å². The predicted octanol–water partition coefficient (Wildman–Crippen LogP) is 5.52. The van der Waals surface area contributed by atoms with Crippen molar-refractivity contribution in [2.75, 3.05) is 10.8 Å². The Bertz CT molecular complexity index is 1360. The second-order valence-corrected chi connectivity index (χ2v) is 11.5. The molecule has 202 valence electrons. The molecule has 0 bridgehead atoms. The van der Waals surface area contributed by atoms with Crippen molar-refractivity contribution < 1.29 is 18.0 Å². The maximum atomic E-state index is 13.9. The highest BCUT2D eigenvalue weighted by atomic mass is 35.5. The molecule has 38 heavy (non-hydrogen) atoms. The first kappa shape index (κ1) is 29.5. The van der Waals surface area contributed by atoms with Gasteiger partial charge < -0.3 is 10.2 Å². The van der Waals surface area contributed by atoms with Gasteiger partial charge in [0, 0.05) is 12.6 Å². The zero-order chi connectivity index (χ0) is 27.9. The smallest absolute Gasteiger partial charge is 0.264 e. The van der Waals surface area contributed by atoms with Crippen LogP contribution in [0.15, 0.2) is 83.8 Å². The number of hydrogen-bond donors (Lipinski definition) is 1. The molecule has 0 aromatic heterocycles. The van der Waals surface area contributed by atoms with E-state index < -0.39 is 28.5 Å². The molecule has 1 N–H and O–H groups in total. The van der Waals surface area contributed by atoms with E-state index in [1.54, 1.807) is 31.2 Å². The minimum atomic E-state index is -4.22. The van der Waals surface area contributed by atoms with Gasteiger partial charge in [-0.25, -0.2) is 8.42 Å². The molecular formula is C28H31Cl2N3O4S. The third-order valence-corrected chi connectivity index (χ3v) is 8.76. The van der Waals surface area contributed by atoms with E-state index >= 15 is 0 Å². The van der Waals surface area contributed by atoms with Crippen LogP contribution in [0.1, 0.15) is 32.8 Å². The molecule has 0 fully saturated rings. The third kappa shape index (κ3) is 7.07. The van der Waals surface area contributed by atoms with E-state index in [4.69, 9.17) is 23.2 Å². The lowest BCUT2D eigenvalue weighted by molar-refractivity contribution is -0.139. The van der Waals surface area contributed by atoms with E-state index in [1.807, 2.05) is 44.2 Å². The highest BCUT2D eigenvalue weighted by Crippen LogP contribution is 2.35. The van der Waals surface area contributed by atoms with Crippen LogP contribution in [0.3, 0.4) is 0 Å². The molecule has 0 aliphatic rings. The monoisotopic (exact) mass is 575 g/mol. The molecule has 0 heterocycles. The molecule has 0 aliphatic carbocycles. The summed E-state index contributed by atoms with van der Waals surface area (Å²) < 4.78 is 28.5. The van der Waals surface area contributed by atoms with Gasteiger partial charge in [-0.15, -0.1) is 0 Å². The summed E-state index contributed by atoms with van der Waals surface area (Å²) >= 11 is 12.6. The molecule has 0 saturated carbocycles. The van der Waals surface area contributed by atoms with Crippen LogP contribution in [-0.4, -0.2) is 43.8 Å². The van der Waals surface area contributed by atoms with Crippen molar-refractivity contribution >= 4 is 50.7 Å². The Morgan fingerprint density at radius 1 is 0.895 bits per heavy atom. The number of benzene rings is 3. The molecule has 7 nitrogen and oxygen atoms in total. The van der Waals surface area contributed by atoms with Gasteiger partial charge in [0.2, 0.25) is 11.8 Å². The zero-order valence-corrected chi connectivity index (χ0v) is 23.8. The summed E-state index contributed by atoms with van der Waals surface area (Å²) in [5, 5.41) is 3.05. The normalized spacial score (nSPS) is 12.9. The Morgan fingerprint density at radius 3 is 2.11 bits per heavy atom. The largest absolute Gasteiger partial charge is 0.352 e. The van der Waals surface area contributed by atoms with Crippen LogP contribution in [0, 0.1) is 0 Å². The van der Waals surface area contributed by atoms with Crippen molar-refractivity contribution in [3.63, 3.8) is 0 Å². The molecule has 0 unspecified atom stereocenters. The lowest BCUT2D eigenvalue weighted by Gasteiger charge is -2.32. The van der Waals surface area contributed by atoms with Gasteiger partial charge in [0.25, 0.3) is 10.0 Å². The number of sulfonamides is 1. The number of hydrogen-bond acceptors (Lipinski definition) is 4. The van der Waals surface area contributed by atoms with E-state index in [2.05, 4.69) is 5.32 Å². The maximum absolute atomic E-state index is 13.9. The Hall–Kier alpha value is -3.07. The fraction of sp³-hybridized carbons (Fsp3) is 0.286. The number of rotatable bonds is 11. The Balaban J connectivity index is 2.04. The summed E-state index contributed by atoms with van der Waals surface area (Å²) in [4.78, 5) is 28.3. The average Bonchev–Trinajstić information content (AvgIpc) is 2.92. The zero-order valence-electron chi connectivity index (χ0n) is 21.5. The van der Waals surface area contributed by atoms with E-state index in [9.17, 15) is 18.0 Å². The van der Waals surface area contributed by atoms with E-state index in [1.165, 1.54) is 29.2 Å². The minimum absolute atomic E-state index is 0.00126. The lowest BCUT2D eigenvalue weighted by Crippen LogP contribution is -2.52. The van der Waals surface area contributed by atoms with Gasteiger partial charge in [-0.2, -0.15) is 0 Å². The van der Waals surface area contributed by atoms with Crippen LogP contribution >= 0.6 is 23.2 Å². The fourth-order valence-corrected chi connectivity index (χ4v) is 5.64. The first-order chi connectivity index (χ1) is 18.1. The summed E-state index contributed by atoms with van der Waals surface area (Å²) in [7, 11) is -4.22. The quantitative estimate of drug-likeness (QED) is 0.326. The van der Waals surface area contributed by atoms with Crippen molar-refractivity contribution in [1.82, 2.24) is 10.2 Å². The first-order valence-corrected chi connectivity index (χ1v) is 14.4. The number of carbonyl (C=O) groups is 2. The van der Waals surface area contributed by atoms with Gasteiger partial charge in [-0.3, -0.25) is 13.9 Å². The SMILES string of the molecule is CC[C@H](C)NC(=O)[C@@H](C)N(Cc1ccccc1)C(=O)CN(c1cccc(Cl)c1Cl)S(=O)(=O)c1ccccc1. The molecular weight excluding hydrogens is 545 g/mol. The van der Waals surface area contributed by atoms with Gasteiger partial charge in [0.05, 0.1) is 20.6 Å². The van der Waals surface area contributed by atoms with E-state index in [0.717, 1.165) is 16.3 Å². The highest BCUT2D eigenvalue weighted by Gasteiger charge is 2.33. The molecule has 0 spiro atoms. The summed E-state index contributed by atoms with van der Waals surface area (Å²) in [5.41, 5.74) is 0.857. The van der Waals surface area contributed by atoms with Crippen LogP contribution in [0.2, 0.25) is 10.0 Å². The standard InChI is InChI=1S/C28H31Cl2N3O4S/c1-4-20(2)31-28(35)21(3)32(18-22-12-7-5-8-13-22)26(34)19-33(25-17-11-16-24(29)27(25)30)38(36,37)23-14-9-6-10-15-23/h5-17,20-21H,4,18-19H2,1-3H3,(H,31,35)/t20-,21+/m0/s1. The number of carbonyl (C=O) groups excluding carboxylic acids is 2. The van der Waals surface area contributed by atoms with E-state index in [-0.39, 0.29) is 39.1 Å². The molecule has 3 aromatic rings. The number of anilines is 1. The molecule has 0 aliphatic heterocycles. The Kier molecular flexibility index (Phi) is 10.2. The van der Waals surface area contributed by atoms with Gasteiger partial charge in [-0.05, 0) is 50.1 Å².